The number of nitrogens with one attached hydrogen (secondary N) is 1. The lowest BCUT2D eigenvalue weighted by Gasteiger charge is -2.27. The Morgan fingerprint density at radius 2 is 2.17 bits per heavy atom. The monoisotopic (exact) mass is 272 g/mol. The highest BCUT2D eigenvalue weighted by Gasteiger charge is 2.37. The largest absolute Gasteiger partial charge is 0.336 e. The molecule has 1 fully saturated rings. The number of nitrogens with two attached hydrogens (primary N) is 1. The van der Waals surface area contributed by atoms with E-state index >= 15 is 0 Å². The summed E-state index contributed by atoms with van der Waals surface area (Å²) < 4.78 is 29.0. The second-order valence-corrected chi connectivity index (χ2v) is 6.47. The van der Waals surface area contributed by atoms with Crippen LogP contribution < -0.4 is 10.5 Å². The number of aromatic nitrogens is 2. The molecule has 1 saturated carbocycles. The van der Waals surface area contributed by atoms with Gasteiger partial charge in [-0.2, -0.15) is 0 Å². The Bertz CT molecular complexity index is 503. The van der Waals surface area contributed by atoms with Crippen molar-refractivity contribution in [2.45, 2.75) is 49.7 Å². The van der Waals surface area contributed by atoms with Gasteiger partial charge in [0, 0.05) is 24.8 Å². The first-order valence-electron chi connectivity index (χ1n) is 6.27. The van der Waals surface area contributed by atoms with Crippen LogP contribution >= 0.6 is 0 Å². The van der Waals surface area contributed by atoms with Crippen LogP contribution in [0.4, 0.5) is 0 Å². The number of nitrogens with zero attached hydrogens (tertiary/aromatic N) is 2. The maximum absolute atomic E-state index is 12.2. The van der Waals surface area contributed by atoms with E-state index in [4.69, 9.17) is 5.73 Å². The van der Waals surface area contributed by atoms with Crippen molar-refractivity contribution in [3.05, 3.63) is 12.5 Å². The van der Waals surface area contributed by atoms with Gasteiger partial charge in [-0.25, -0.2) is 18.1 Å². The highest BCUT2D eigenvalue weighted by molar-refractivity contribution is 7.89. The Kier molecular flexibility index (Phi) is 3.74. The van der Waals surface area contributed by atoms with Crippen molar-refractivity contribution in [1.82, 2.24) is 14.3 Å². The van der Waals surface area contributed by atoms with Gasteiger partial charge in [-0.1, -0.05) is 12.8 Å². The van der Waals surface area contributed by atoms with Crippen LogP contribution in [0.3, 0.4) is 0 Å². The van der Waals surface area contributed by atoms with Gasteiger partial charge >= 0.3 is 0 Å². The van der Waals surface area contributed by atoms with Crippen molar-refractivity contribution in [3.63, 3.8) is 0 Å². The van der Waals surface area contributed by atoms with Gasteiger partial charge < -0.3 is 10.3 Å². The molecule has 1 aliphatic rings. The van der Waals surface area contributed by atoms with Crippen LogP contribution in [0.1, 0.15) is 32.6 Å². The summed E-state index contributed by atoms with van der Waals surface area (Å²) in [5.41, 5.74) is 5.26. The fraction of sp³-hybridized carbons (Fsp3) is 0.727. The molecule has 0 amide bonds. The zero-order chi connectivity index (χ0) is 13.2. The molecule has 3 N–H and O–H groups in total. The smallest absolute Gasteiger partial charge is 0.260 e. The minimum absolute atomic E-state index is 0.0732. The van der Waals surface area contributed by atoms with Crippen LogP contribution in [0.5, 0.6) is 0 Å². The van der Waals surface area contributed by atoms with Crippen LogP contribution in [0.25, 0.3) is 0 Å². The van der Waals surface area contributed by atoms with E-state index in [0.29, 0.717) is 13.1 Å². The molecule has 0 aromatic carbocycles. The molecule has 0 aliphatic heterocycles. The zero-order valence-electron chi connectivity index (χ0n) is 10.6. The Hall–Kier alpha value is -0.920. The lowest BCUT2D eigenvalue weighted by atomic mass is 10.0. The molecule has 0 radical (unpaired) electrons. The van der Waals surface area contributed by atoms with Crippen molar-refractivity contribution >= 4 is 10.0 Å². The molecule has 0 unspecified atom stereocenters. The molecular weight excluding hydrogens is 252 g/mol. The second kappa shape index (κ2) is 4.99. The van der Waals surface area contributed by atoms with Crippen molar-refractivity contribution in [2.75, 3.05) is 6.54 Å². The second-order valence-electron chi connectivity index (χ2n) is 4.84. The fourth-order valence-electron chi connectivity index (χ4n) is 2.39. The van der Waals surface area contributed by atoms with Crippen LogP contribution in [-0.2, 0) is 16.6 Å². The molecule has 1 heterocycles. The molecule has 0 saturated heterocycles. The van der Waals surface area contributed by atoms with E-state index in [1.165, 1.54) is 6.33 Å². The number of aryl methyl sites for hydroxylation is 1. The quantitative estimate of drug-likeness (QED) is 0.814. The van der Waals surface area contributed by atoms with E-state index in [1.807, 2.05) is 6.92 Å². The maximum Gasteiger partial charge on any atom is 0.260 e. The van der Waals surface area contributed by atoms with Gasteiger partial charge in [0.25, 0.3) is 10.0 Å². The fourth-order valence-corrected chi connectivity index (χ4v) is 3.81. The lowest BCUT2D eigenvalue weighted by Crippen LogP contribution is -2.51. The minimum atomic E-state index is -3.57. The molecule has 0 atom stereocenters. The van der Waals surface area contributed by atoms with E-state index in [1.54, 1.807) is 10.8 Å². The van der Waals surface area contributed by atoms with Gasteiger partial charge in [0.1, 0.15) is 0 Å². The molecule has 1 aliphatic carbocycles. The average Bonchev–Trinajstić information content (AvgIpc) is 2.97. The summed E-state index contributed by atoms with van der Waals surface area (Å²) in [7, 11) is -3.57. The topological polar surface area (TPSA) is 90.0 Å². The summed E-state index contributed by atoms with van der Waals surface area (Å²) in [5.74, 6) is 0. The van der Waals surface area contributed by atoms with Gasteiger partial charge in [-0.15, -0.1) is 0 Å². The van der Waals surface area contributed by atoms with Crippen LogP contribution in [0, 0.1) is 0 Å². The molecule has 0 spiro atoms. The Morgan fingerprint density at radius 3 is 2.67 bits per heavy atom. The third-order valence-corrected chi connectivity index (χ3v) is 5.02. The molecule has 102 valence electrons. The van der Waals surface area contributed by atoms with Crippen LogP contribution in [0.15, 0.2) is 17.6 Å². The highest BCUT2D eigenvalue weighted by Crippen LogP contribution is 2.30. The Labute approximate surface area is 108 Å². The number of hydrogen-bond acceptors (Lipinski definition) is 4. The number of imidazole rings is 1. The Morgan fingerprint density at radius 1 is 1.50 bits per heavy atom. The van der Waals surface area contributed by atoms with E-state index in [0.717, 1.165) is 25.7 Å². The van der Waals surface area contributed by atoms with Crippen molar-refractivity contribution in [3.8, 4) is 0 Å². The third-order valence-electron chi connectivity index (χ3n) is 3.55. The summed E-state index contributed by atoms with van der Waals surface area (Å²) in [6.07, 6.45) is 6.71. The SMILES string of the molecule is CCn1cnc(S(=O)(=O)NC2(CN)CCCC2)c1. The molecular formula is C11H20N4O2S. The molecule has 1 aromatic rings. The molecule has 1 aromatic heterocycles. The van der Waals surface area contributed by atoms with Gasteiger partial charge in [0.05, 0.1) is 6.33 Å². The predicted molar refractivity (Wildman–Crippen MR) is 68.5 cm³/mol. The summed E-state index contributed by atoms with van der Waals surface area (Å²) in [5, 5.41) is 0.0732. The maximum atomic E-state index is 12.2. The van der Waals surface area contributed by atoms with Gasteiger partial charge in [0.15, 0.2) is 5.03 Å². The summed E-state index contributed by atoms with van der Waals surface area (Å²) >= 11 is 0. The van der Waals surface area contributed by atoms with Gasteiger partial charge in [-0.3, -0.25) is 0 Å². The number of hydrogen-bond donors (Lipinski definition) is 2. The normalized spacial score (nSPS) is 19.2. The molecule has 0 bridgehead atoms. The molecule has 6 nitrogen and oxygen atoms in total. The van der Waals surface area contributed by atoms with E-state index < -0.39 is 15.6 Å². The first-order chi connectivity index (χ1) is 8.51. The van der Waals surface area contributed by atoms with Crippen molar-refractivity contribution in [2.24, 2.45) is 5.73 Å². The third kappa shape index (κ3) is 2.57. The standard InChI is InChI=1S/C11H20N4O2S/c1-2-15-7-10(13-9-15)18(16,17)14-11(8-12)5-3-4-6-11/h7,9,14H,2-6,8,12H2,1H3. The van der Waals surface area contributed by atoms with Crippen LogP contribution in [-0.4, -0.2) is 30.1 Å². The molecule has 18 heavy (non-hydrogen) atoms. The highest BCUT2D eigenvalue weighted by atomic mass is 32.2. The zero-order valence-corrected chi connectivity index (χ0v) is 11.4. The van der Waals surface area contributed by atoms with E-state index in [-0.39, 0.29) is 5.03 Å². The first-order valence-corrected chi connectivity index (χ1v) is 7.75. The summed E-state index contributed by atoms with van der Waals surface area (Å²) in [6, 6.07) is 0. The number of rotatable bonds is 5. The molecule has 7 heteroatoms. The predicted octanol–water partition coefficient (Wildman–Crippen LogP) is 0.453. The summed E-state index contributed by atoms with van der Waals surface area (Å²) in [4.78, 5) is 3.94. The van der Waals surface area contributed by atoms with Crippen LogP contribution in [0.2, 0.25) is 0 Å². The van der Waals surface area contributed by atoms with Gasteiger partial charge in [0.2, 0.25) is 0 Å². The van der Waals surface area contributed by atoms with Crippen molar-refractivity contribution < 1.29 is 8.42 Å². The number of sulfonamides is 1. The van der Waals surface area contributed by atoms with Crippen molar-refractivity contribution in [1.29, 1.82) is 0 Å². The summed E-state index contributed by atoms with van der Waals surface area (Å²) in [6.45, 7) is 2.97. The van der Waals surface area contributed by atoms with E-state index in [9.17, 15) is 8.42 Å². The first kappa shape index (κ1) is 13.5. The average molecular weight is 272 g/mol. The lowest BCUT2D eigenvalue weighted by molar-refractivity contribution is 0.399. The van der Waals surface area contributed by atoms with E-state index in [2.05, 4.69) is 9.71 Å². The molecule has 2 rings (SSSR count). The Balaban J connectivity index is 2.21. The van der Waals surface area contributed by atoms with Gasteiger partial charge in [-0.05, 0) is 19.8 Å². The minimum Gasteiger partial charge on any atom is -0.336 e.